The van der Waals surface area contributed by atoms with E-state index >= 15 is 0 Å². The van der Waals surface area contributed by atoms with Gasteiger partial charge in [0.15, 0.2) is 0 Å². The minimum Gasteiger partial charge on any atom is -0.497 e. The summed E-state index contributed by atoms with van der Waals surface area (Å²) in [7, 11) is 1.67. The number of aryl methyl sites for hydroxylation is 1. The van der Waals surface area contributed by atoms with Crippen molar-refractivity contribution < 1.29 is 18.9 Å². The quantitative estimate of drug-likeness (QED) is 0.711. The zero-order valence-electron chi connectivity index (χ0n) is 15.3. The van der Waals surface area contributed by atoms with Gasteiger partial charge in [0.05, 0.1) is 19.8 Å². The number of methoxy groups -OCH3 is 1. The predicted molar refractivity (Wildman–Crippen MR) is 102 cm³/mol. The molecule has 2 fully saturated rings. The largest absolute Gasteiger partial charge is 0.497 e. The van der Waals surface area contributed by atoms with Crippen LogP contribution in [0.4, 0.5) is 0 Å². The number of benzene rings is 2. The van der Waals surface area contributed by atoms with E-state index in [4.69, 9.17) is 18.9 Å². The van der Waals surface area contributed by atoms with Crippen LogP contribution in [0, 0.1) is 6.92 Å². The molecule has 0 amide bonds. The van der Waals surface area contributed by atoms with Crippen LogP contribution in [0.3, 0.4) is 0 Å². The van der Waals surface area contributed by atoms with Gasteiger partial charge in [0.25, 0.3) is 0 Å². The molecule has 2 heterocycles. The Bertz CT molecular complexity index is 729. The molecule has 0 unspecified atom stereocenters. The molecule has 2 aromatic rings. The molecule has 2 aliphatic heterocycles. The van der Waals surface area contributed by atoms with E-state index in [9.17, 15) is 0 Å². The molecule has 0 spiro atoms. The number of rotatable bonds is 6. The molecule has 26 heavy (non-hydrogen) atoms. The molecule has 0 bridgehead atoms. The predicted octanol–water partition coefficient (Wildman–Crippen LogP) is 4.19. The van der Waals surface area contributed by atoms with Crippen molar-refractivity contribution in [3.05, 3.63) is 59.7 Å². The number of epoxide rings is 1. The number of thioether (sulfide) groups is 1. The highest BCUT2D eigenvalue weighted by molar-refractivity contribution is 7.99. The minimum atomic E-state index is -0.0306. The molecule has 2 saturated heterocycles. The van der Waals surface area contributed by atoms with Crippen molar-refractivity contribution in [3.8, 4) is 5.75 Å². The Morgan fingerprint density at radius 2 is 1.69 bits per heavy atom. The molecule has 2 aliphatic rings. The number of hydrogen-bond acceptors (Lipinski definition) is 5. The lowest BCUT2D eigenvalue weighted by Gasteiger charge is -2.31. The SMILES string of the molecule is COc1ccc(CO[C@H]2[C@@H]3O[C@@H]3[C@@H](Sc3ccc(C)cc3)O[C@H]2C)cc1. The lowest BCUT2D eigenvalue weighted by atomic mass is 10.1. The summed E-state index contributed by atoms with van der Waals surface area (Å²) in [4.78, 5) is 1.21. The molecular formula is C21H24O4S. The fraction of sp³-hybridized carbons (Fsp3) is 0.429. The summed E-state index contributed by atoms with van der Waals surface area (Å²) >= 11 is 1.73. The van der Waals surface area contributed by atoms with Crippen LogP contribution in [0.5, 0.6) is 5.75 Å². The van der Waals surface area contributed by atoms with Gasteiger partial charge >= 0.3 is 0 Å². The van der Waals surface area contributed by atoms with Crippen LogP contribution in [-0.2, 0) is 20.8 Å². The maximum absolute atomic E-state index is 6.20. The van der Waals surface area contributed by atoms with Gasteiger partial charge in [-0.1, -0.05) is 41.6 Å². The van der Waals surface area contributed by atoms with Gasteiger partial charge in [0, 0.05) is 4.90 Å². The fourth-order valence-corrected chi connectivity index (χ4v) is 4.39. The molecule has 0 saturated carbocycles. The van der Waals surface area contributed by atoms with Gasteiger partial charge in [-0.25, -0.2) is 0 Å². The topological polar surface area (TPSA) is 40.2 Å². The van der Waals surface area contributed by atoms with Gasteiger partial charge in [-0.3, -0.25) is 0 Å². The van der Waals surface area contributed by atoms with Crippen LogP contribution in [0.1, 0.15) is 18.1 Å². The van der Waals surface area contributed by atoms with Gasteiger partial charge in [-0.05, 0) is 43.7 Å². The lowest BCUT2D eigenvalue weighted by Crippen LogP contribution is -2.43. The van der Waals surface area contributed by atoms with Crippen molar-refractivity contribution >= 4 is 11.8 Å². The summed E-state index contributed by atoms with van der Waals surface area (Å²) in [5, 5.41) is 0. The monoisotopic (exact) mass is 372 g/mol. The average molecular weight is 372 g/mol. The Kier molecular flexibility index (Phi) is 5.23. The third kappa shape index (κ3) is 3.91. The summed E-state index contributed by atoms with van der Waals surface area (Å²) in [5.41, 5.74) is 2.41. The van der Waals surface area contributed by atoms with Crippen LogP contribution >= 0.6 is 11.8 Å². The average Bonchev–Trinajstić information content (AvgIpc) is 3.44. The number of fused-ring (bicyclic) bond motifs is 1. The molecule has 0 radical (unpaired) electrons. The molecule has 2 aromatic carbocycles. The highest BCUT2D eigenvalue weighted by Gasteiger charge is 2.57. The Balaban J connectivity index is 1.33. The number of hydrogen-bond donors (Lipinski definition) is 0. The van der Waals surface area contributed by atoms with E-state index in [-0.39, 0.29) is 29.9 Å². The maximum atomic E-state index is 6.20. The summed E-state index contributed by atoms with van der Waals surface area (Å²) in [6.07, 6.45) is 0.204. The zero-order valence-corrected chi connectivity index (χ0v) is 16.1. The van der Waals surface area contributed by atoms with Gasteiger partial charge < -0.3 is 18.9 Å². The van der Waals surface area contributed by atoms with Crippen LogP contribution < -0.4 is 4.74 Å². The summed E-state index contributed by atoms with van der Waals surface area (Å²) in [6.45, 7) is 4.71. The van der Waals surface area contributed by atoms with Crippen molar-refractivity contribution in [1.82, 2.24) is 0 Å². The first-order valence-corrected chi connectivity index (χ1v) is 9.81. The molecule has 0 aliphatic carbocycles. The Hall–Kier alpha value is -1.53. The molecule has 4 nitrogen and oxygen atoms in total. The molecule has 0 N–H and O–H groups in total. The van der Waals surface area contributed by atoms with Gasteiger partial charge in [-0.15, -0.1) is 0 Å². The molecule has 5 atom stereocenters. The van der Waals surface area contributed by atoms with Crippen molar-refractivity contribution in [3.63, 3.8) is 0 Å². The summed E-state index contributed by atoms with van der Waals surface area (Å²) in [5.74, 6) is 0.852. The van der Waals surface area contributed by atoms with E-state index in [1.807, 2.05) is 24.3 Å². The third-order valence-electron chi connectivity index (χ3n) is 4.84. The third-order valence-corrected chi connectivity index (χ3v) is 6.00. The lowest BCUT2D eigenvalue weighted by molar-refractivity contribution is -0.0986. The Morgan fingerprint density at radius 1 is 0.962 bits per heavy atom. The number of ether oxygens (including phenoxy) is 4. The summed E-state index contributed by atoms with van der Waals surface area (Å²) in [6, 6.07) is 16.5. The van der Waals surface area contributed by atoms with Gasteiger partial charge in [-0.2, -0.15) is 0 Å². The molecule has 0 aromatic heterocycles. The van der Waals surface area contributed by atoms with E-state index in [1.165, 1.54) is 10.5 Å². The van der Waals surface area contributed by atoms with Crippen LogP contribution in [-0.4, -0.2) is 37.0 Å². The van der Waals surface area contributed by atoms with Gasteiger partial charge in [0.1, 0.15) is 29.5 Å². The second-order valence-electron chi connectivity index (χ2n) is 6.83. The van der Waals surface area contributed by atoms with Crippen molar-refractivity contribution in [2.45, 2.75) is 55.2 Å². The minimum absolute atomic E-state index is 0.0000493. The molecular weight excluding hydrogens is 348 g/mol. The fourth-order valence-electron chi connectivity index (χ4n) is 3.24. The van der Waals surface area contributed by atoms with E-state index in [2.05, 4.69) is 38.1 Å². The van der Waals surface area contributed by atoms with Crippen LogP contribution in [0.2, 0.25) is 0 Å². The first kappa shape index (κ1) is 17.9. The Labute approximate surface area is 158 Å². The highest BCUT2D eigenvalue weighted by atomic mass is 32.2. The first-order chi connectivity index (χ1) is 12.6. The second kappa shape index (κ2) is 7.61. The van der Waals surface area contributed by atoms with E-state index in [0.29, 0.717) is 6.61 Å². The normalized spacial score (nSPS) is 29.9. The smallest absolute Gasteiger partial charge is 0.136 e. The maximum Gasteiger partial charge on any atom is 0.136 e. The van der Waals surface area contributed by atoms with E-state index < -0.39 is 0 Å². The second-order valence-corrected chi connectivity index (χ2v) is 8.00. The Morgan fingerprint density at radius 3 is 2.38 bits per heavy atom. The standard InChI is InChI=1S/C21H24O4S/c1-13-4-10-17(11-5-13)26-21-20-19(25-20)18(14(2)24-21)23-12-15-6-8-16(22-3)9-7-15/h4-11,14,18-21H,12H2,1-3H3/t14-,18+,19-,20-,21+/m0/s1. The zero-order chi connectivity index (χ0) is 18.1. The first-order valence-electron chi connectivity index (χ1n) is 8.93. The van der Waals surface area contributed by atoms with Crippen molar-refractivity contribution in [1.29, 1.82) is 0 Å². The van der Waals surface area contributed by atoms with Crippen molar-refractivity contribution in [2.24, 2.45) is 0 Å². The molecule has 138 valence electrons. The highest BCUT2D eigenvalue weighted by Crippen LogP contribution is 2.45. The van der Waals surface area contributed by atoms with E-state index in [1.54, 1.807) is 18.9 Å². The van der Waals surface area contributed by atoms with Crippen LogP contribution in [0.15, 0.2) is 53.4 Å². The molecule has 4 rings (SSSR count). The van der Waals surface area contributed by atoms with Crippen LogP contribution in [0.25, 0.3) is 0 Å². The van der Waals surface area contributed by atoms with E-state index in [0.717, 1.165) is 11.3 Å². The molecule has 5 heteroatoms. The van der Waals surface area contributed by atoms with Crippen molar-refractivity contribution in [2.75, 3.05) is 7.11 Å². The summed E-state index contributed by atoms with van der Waals surface area (Å²) < 4.78 is 23.4. The van der Waals surface area contributed by atoms with Gasteiger partial charge in [0.2, 0.25) is 0 Å².